The number of nitrogens with two attached hydrogens (primary N) is 1. The maximum Gasteiger partial charge on any atom is 0.234 e. The molecule has 0 unspecified atom stereocenters. The summed E-state index contributed by atoms with van der Waals surface area (Å²) in [4.78, 5) is 12.7. The Balaban J connectivity index is 1.92. The molecule has 0 radical (unpaired) electrons. The standard InChI is InChI=1S/C12H13ClN4OS/c1-17-6-9(5-15-17)19-7-12(18)16-11-4-8(14)2-3-10(11)13/h2-6H,7,14H2,1H3,(H,16,18). The van der Waals surface area contributed by atoms with Crippen molar-refractivity contribution in [2.24, 2.45) is 7.05 Å². The monoisotopic (exact) mass is 296 g/mol. The predicted octanol–water partition coefficient (Wildman–Crippen LogP) is 2.39. The lowest BCUT2D eigenvalue weighted by Gasteiger charge is -2.07. The number of amides is 1. The third kappa shape index (κ3) is 3.90. The molecule has 2 rings (SSSR count). The Morgan fingerprint density at radius 2 is 2.37 bits per heavy atom. The van der Waals surface area contributed by atoms with Gasteiger partial charge in [0, 0.05) is 23.8 Å². The largest absolute Gasteiger partial charge is 0.399 e. The van der Waals surface area contributed by atoms with Crippen LogP contribution < -0.4 is 11.1 Å². The first-order valence-electron chi connectivity index (χ1n) is 5.51. The predicted molar refractivity (Wildman–Crippen MR) is 78.4 cm³/mol. The number of thioether (sulfide) groups is 1. The molecule has 0 atom stereocenters. The van der Waals surface area contributed by atoms with Crippen LogP contribution in [0, 0.1) is 0 Å². The Hall–Kier alpha value is -1.66. The molecule has 0 aliphatic rings. The summed E-state index contributed by atoms with van der Waals surface area (Å²) in [6.45, 7) is 0. The van der Waals surface area contributed by atoms with Crippen LogP contribution in [0.15, 0.2) is 35.5 Å². The van der Waals surface area contributed by atoms with Crippen molar-refractivity contribution in [3.05, 3.63) is 35.6 Å². The lowest BCUT2D eigenvalue weighted by Crippen LogP contribution is -2.14. The molecular weight excluding hydrogens is 284 g/mol. The number of aryl methyl sites for hydroxylation is 1. The minimum absolute atomic E-state index is 0.138. The molecule has 0 saturated carbocycles. The van der Waals surface area contributed by atoms with E-state index in [2.05, 4.69) is 10.4 Å². The highest BCUT2D eigenvalue weighted by atomic mass is 35.5. The van der Waals surface area contributed by atoms with E-state index in [1.54, 1.807) is 29.1 Å². The van der Waals surface area contributed by atoms with E-state index < -0.39 is 0 Å². The number of nitrogen functional groups attached to an aromatic ring is 1. The Morgan fingerprint density at radius 1 is 1.58 bits per heavy atom. The van der Waals surface area contributed by atoms with E-state index in [0.717, 1.165) is 4.90 Å². The molecule has 0 fully saturated rings. The van der Waals surface area contributed by atoms with Gasteiger partial charge in [-0.2, -0.15) is 5.10 Å². The van der Waals surface area contributed by atoms with E-state index in [-0.39, 0.29) is 11.7 Å². The average Bonchev–Trinajstić information content (AvgIpc) is 2.77. The molecule has 1 aromatic heterocycles. The zero-order valence-electron chi connectivity index (χ0n) is 10.3. The molecule has 0 saturated heterocycles. The molecule has 0 bridgehead atoms. The van der Waals surface area contributed by atoms with Crippen molar-refractivity contribution in [3.8, 4) is 0 Å². The van der Waals surface area contributed by atoms with E-state index in [1.165, 1.54) is 11.8 Å². The normalized spacial score (nSPS) is 10.4. The number of benzene rings is 1. The first-order chi connectivity index (χ1) is 9.04. The summed E-state index contributed by atoms with van der Waals surface area (Å²) in [7, 11) is 1.83. The van der Waals surface area contributed by atoms with Gasteiger partial charge in [0.15, 0.2) is 0 Å². The second-order valence-electron chi connectivity index (χ2n) is 3.93. The maximum atomic E-state index is 11.8. The summed E-state index contributed by atoms with van der Waals surface area (Å²) in [6.07, 6.45) is 3.57. The minimum Gasteiger partial charge on any atom is -0.399 e. The van der Waals surface area contributed by atoms with Crippen LogP contribution in [0.4, 0.5) is 11.4 Å². The number of anilines is 2. The highest BCUT2D eigenvalue weighted by molar-refractivity contribution is 8.00. The van der Waals surface area contributed by atoms with Gasteiger partial charge in [-0.25, -0.2) is 0 Å². The van der Waals surface area contributed by atoms with Crippen molar-refractivity contribution in [2.45, 2.75) is 4.90 Å². The van der Waals surface area contributed by atoms with E-state index in [1.807, 2.05) is 13.2 Å². The number of halogens is 1. The van der Waals surface area contributed by atoms with Crippen LogP contribution in [0.25, 0.3) is 0 Å². The Kier molecular flexibility index (Phi) is 4.34. The number of carbonyl (C=O) groups excluding carboxylic acids is 1. The van der Waals surface area contributed by atoms with Crippen LogP contribution in [0.2, 0.25) is 5.02 Å². The zero-order valence-corrected chi connectivity index (χ0v) is 11.8. The van der Waals surface area contributed by atoms with Gasteiger partial charge in [0.2, 0.25) is 5.91 Å². The fourth-order valence-corrected chi connectivity index (χ4v) is 2.33. The number of nitrogens with one attached hydrogen (secondary N) is 1. The van der Waals surface area contributed by atoms with Crippen molar-refractivity contribution in [1.82, 2.24) is 9.78 Å². The van der Waals surface area contributed by atoms with Crippen LogP contribution >= 0.6 is 23.4 Å². The van der Waals surface area contributed by atoms with Crippen molar-refractivity contribution in [3.63, 3.8) is 0 Å². The molecule has 7 heteroatoms. The molecule has 2 aromatic rings. The third-order valence-electron chi connectivity index (χ3n) is 2.32. The Bertz CT molecular complexity index is 599. The number of aromatic nitrogens is 2. The van der Waals surface area contributed by atoms with Crippen LogP contribution in [-0.4, -0.2) is 21.4 Å². The van der Waals surface area contributed by atoms with Crippen molar-refractivity contribution >= 4 is 40.6 Å². The zero-order chi connectivity index (χ0) is 13.8. The highest BCUT2D eigenvalue weighted by Gasteiger charge is 2.07. The first-order valence-corrected chi connectivity index (χ1v) is 6.87. The van der Waals surface area contributed by atoms with Gasteiger partial charge in [-0.3, -0.25) is 9.48 Å². The minimum atomic E-state index is -0.138. The number of nitrogens with zero attached hydrogens (tertiary/aromatic N) is 2. The quantitative estimate of drug-likeness (QED) is 0.671. The molecule has 19 heavy (non-hydrogen) atoms. The van der Waals surface area contributed by atoms with E-state index in [9.17, 15) is 4.79 Å². The summed E-state index contributed by atoms with van der Waals surface area (Å²) < 4.78 is 1.69. The topological polar surface area (TPSA) is 72.9 Å². The van der Waals surface area contributed by atoms with Gasteiger partial charge in [0.25, 0.3) is 0 Å². The summed E-state index contributed by atoms with van der Waals surface area (Å²) in [5.41, 5.74) is 6.73. The highest BCUT2D eigenvalue weighted by Crippen LogP contribution is 2.24. The Morgan fingerprint density at radius 3 is 3.05 bits per heavy atom. The van der Waals surface area contributed by atoms with Crippen LogP contribution in [0.1, 0.15) is 0 Å². The van der Waals surface area contributed by atoms with Gasteiger partial charge in [0.1, 0.15) is 0 Å². The van der Waals surface area contributed by atoms with Crippen LogP contribution in [-0.2, 0) is 11.8 Å². The molecule has 1 heterocycles. The van der Waals surface area contributed by atoms with Gasteiger partial charge in [0.05, 0.1) is 22.7 Å². The van der Waals surface area contributed by atoms with Gasteiger partial charge in [-0.15, -0.1) is 11.8 Å². The van der Waals surface area contributed by atoms with Crippen molar-refractivity contribution in [1.29, 1.82) is 0 Å². The number of rotatable bonds is 4. The smallest absolute Gasteiger partial charge is 0.234 e. The fourth-order valence-electron chi connectivity index (χ4n) is 1.45. The number of hydrogen-bond acceptors (Lipinski definition) is 4. The average molecular weight is 297 g/mol. The SMILES string of the molecule is Cn1cc(SCC(=O)Nc2cc(N)ccc2Cl)cn1. The first kappa shape index (κ1) is 13.8. The summed E-state index contributed by atoms with van der Waals surface area (Å²) >= 11 is 7.38. The Labute approximate surface area is 120 Å². The molecule has 0 aliphatic carbocycles. The van der Waals surface area contributed by atoms with Gasteiger partial charge >= 0.3 is 0 Å². The van der Waals surface area contributed by atoms with Crippen LogP contribution in [0.3, 0.4) is 0 Å². The second kappa shape index (κ2) is 5.99. The number of carbonyl (C=O) groups is 1. The molecule has 5 nitrogen and oxygen atoms in total. The van der Waals surface area contributed by atoms with Gasteiger partial charge in [-0.05, 0) is 18.2 Å². The van der Waals surface area contributed by atoms with Gasteiger partial charge in [-0.1, -0.05) is 11.6 Å². The molecular formula is C12H13ClN4OS. The summed E-state index contributed by atoms with van der Waals surface area (Å²) in [6, 6.07) is 4.97. The molecule has 1 amide bonds. The fraction of sp³-hybridized carbons (Fsp3) is 0.167. The molecule has 3 N–H and O–H groups in total. The molecule has 100 valence electrons. The van der Waals surface area contributed by atoms with E-state index in [4.69, 9.17) is 17.3 Å². The summed E-state index contributed by atoms with van der Waals surface area (Å²) in [5.74, 6) is 0.151. The van der Waals surface area contributed by atoms with Crippen LogP contribution in [0.5, 0.6) is 0 Å². The molecule has 1 aromatic carbocycles. The van der Waals surface area contributed by atoms with E-state index in [0.29, 0.717) is 16.4 Å². The van der Waals surface area contributed by atoms with Crippen molar-refractivity contribution in [2.75, 3.05) is 16.8 Å². The lowest BCUT2D eigenvalue weighted by molar-refractivity contribution is -0.113. The second-order valence-corrected chi connectivity index (χ2v) is 5.38. The molecule has 0 spiro atoms. The third-order valence-corrected chi connectivity index (χ3v) is 3.60. The maximum absolute atomic E-state index is 11.8. The lowest BCUT2D eigenvalue weighted by atomic mass is 10.3. The van der Waals surface area contributed by atoms with Gasteiger partial charge < -0.3 is 11.1 Å². The summed E-state index contributed by atoms with van der Waals surface area (Å²) in [5, 5.41) is 7.23. The van der Waals surface area contributed by atoms with E-state index >= 15 is 0 Å². The van der Waals surface area contributed by atoms with Crippen molar-refractivity contribution < 1.29 is 4.79 Å². The number of hydrogen-bond donors (Lipinski definition) is 2. The molecule has 0 aliphatic heterocycles.